The van der Waals surface area contributed by atoms with E-state index in [1.54, 1.807) is 31.2 Å². The maximum atomic E-state index is 12.0. The van der Waals surface area contributed by atoms with Crippen molar-refractivity contribution >= 4 is 10.0 Å². The van der Waals surface area contributed by atoms with Gasteiger partial charge in [0.15, 0.2) is 5.82 Å². The Labute approximate surface area is 117 Å². The number of nitrogens with one attached hydrogen (secondary N) is 3. The maximum Gasteiger partial charge on any atom is 0.242 e. The molecule has 0 saturated carbocycles. The lowest BCUT2D eigenvalue weighted by atomic mass is 10.4. The summed E-state index contributed by atoms with van der Waals surface area (Å²) in [5.74, 6) is 0.611. The van der Waals surface area contributed by atoms with Gasteiger partial charge in [0.05, 0.1) is 4.90 Å². The van der Waals surface area contributed by atoms with E-state index in [2.05, 4.69) is 25.1 Å². The molecular weight excluding hydrogens is 280 g/mol. The number of aromatic nitrogens is 4. The zero-order valence-electron chi connectivity index (χ0n) is 11.4. The summed E-state index contributed by atoms with van der Waals surface area (Å²) >= 11 is 0. The van der Waals surface area contributed by atoms with Crippen molar-refractivity contribution in [1.82, 2.24) is 29.8 Å². The normalized spacial score (nSPS) is 11.9. The van der Waals surface area contributed by atoms with Gasteiger partial charge in [-0.05, 0) is 13.1 Å². The largest absolute Gasteiger partial charge is 0.363 e. The molecule has 0 aliphatic heterocycles. The Morgan fingerprint density at radius 2 is 2.25 bits per heavy atom. The first-order chi connectivity index (χ1) is 9.51. The number of sulfonamides is 1. The molecule has 0 spiro atoms. The molecule has 0 aliphatic rings. The Kier molecular flexibility index (Phi) is 4.53. The summed E-state index contributed by atoms with van der Waals surface area (Å²) in [4.78, 5) is 7.19. The van der Waals surface area contributed by atoms with Crippen molar-refractivity contribution in [2.75, 3.05) is 13.6 Å². The van der Waals surface area contributed by atoms with E-state index in [1.165, 1.54) is 6.20 Å². The number of hydrogen-bond acceptors (Lipinski definition) is 5. The van der Waals surface area contributed by atoms with Gasteiger partial charge in [-0.2, -0.15) is 5.10 Å². The van der Waals surface area contributed by atoms with Gasteiger partial charge in [-0.15, -0.1) is 0 Å². The van der Waals surface area contributed by atoms with Crippen LogP contribution in [0, 0.1) is 0 Å². The predicted molar refractivity (Wildman–Crippen MR) is 73.5 cm³/mol. The summed E-state index contributed by atoms with van der Waals surface area (Å²) < 4.78 is 28.2. The number of aromatic amines is 1. The minimum Gasteiger partial charge on any atom is -0.363 e. The van der Waals surface area contributed by atoms with Crippen LogP contribution in [0.15, 0.2) is 23.5 Å². The van der Waals surface area contributed by atoms with E-state index in [-0.39, 0.29) is 11.4 Å². The third-order valence-corrected chi connectivity index (χ3v) is 4.12. The molecule has 2 aromatic rings. The van der Waals surface area contributed by atoms with Crippen LogP contribution in [0.25, 0.3) is 0 Å². The molecule has 2 heterocycles. The van der Waals surface area contributed by atoms with Gasteiger partial charge >= 0.3 is 0 Å². The zero-order valence-corrected chi connectivity index (χ0v) is 12.2. The fourth-order valence-corrected chi connectivity index (χ4v) is 2.79. The highest BCUT2D eigenvalue weighted by molar-refractivity contribution is 7.89. The number of hydrogen-bond donors (Lipinski definition) is 3. The van der Waals surface area contributed by atoms with E-state index in [9.17, 15) is 8.42 Å². The highest BCUT2D eigenvalue weighted by Crippen LogP contribution is 2.10. The van der Waals surface area contributed by atoms with Gasteiger partial charge in [0, 0.05) is 38.4 Å². The number of rotatable bonds is 7. The number of nitrogens with zero attached hydrogens (tertiary/aromatic N) is 3. The molecule has 0 bridgehead atoms. The molecule has 3 N–H and O–H groups in total. The van der Waals surface area contributed by atoms with Gasteiger partial charge in [-0.3, -0.25) is 4.68 Å². The van der Waals surface area contributed by atoms with Crippen molar-refractivity contribution in [2.45, 2.75) is 17.9 Å². The van der Waals surface area contributed by atoms with E-state index in [4.69, 9.17) is 0 Å². The summed E-state index contributed by atoms with van der Waals surface area (Å²) in [6.07, 6.45) is 3.52. The molecular formula is C11H18N6O2S. The molecule has 2 aromatic heterocycles. The van der Waals surface area contributed by atoms with Crippen LogP contribution in [-0.4, -0.2) is 41.8 Å². The Hall–Kier alpha value is -1.71. The van der Waals surface area contributed by atoms with Crippen LogP contribution >= 0.6 is 0 Å². The van der Waals surface area contributed by atoms with Crippen molar-refractivity contribution in [3.05, 3.63) is 30.1 Å². The highest BCUT2D eigenvalue weighted by atomic mass is 32.2. The van der Waals surface area contributed by atoms with E-state index in [1.807, 2.05) is 0 Å². The molecule has 0 aliphatic carbocycles. The van der Waals surface area contributed by atoms with Crippen LogP contribution in [-0.2, 0) is 30.0 Å². The fourth-order valence-electron chi connectivity index (χ4n) is 1.75. The summed E-state index contributed by atoms with van der Waals surface area (Å²) in [6.45, 7) is 0.853. The third kappa shape index (κ3) is 3.65. The Balaban J connectivity index is 1.92. The molecule has 9 heteroatoms. The van der Waals surface area contributed by atoms with Crippen molar-refractivity contribution in [3.63, 3.8) is 0 Å². The average Bonchev–Trinajstić information content (AvgIpc) is 2.99. The van der Waals surface area contributed by atoms with E-state index in [0.717, 1.165) is 5.69 Å². The third-order valence-electron chi connectivity index (χ3n) is 2.68. The number of aryl methyl sites for hydroxylation is 1. The molecule has 8 nitrogen and oxygen atoms in total. The van der Waals surface area contributed by atoms with Crippen LogP contribution in [0.3, 0.4) is 0 Å². The second-order valence-corrected chi connectivity index (χ2v) is 6.14. The van der Waals surface area contributed by atoms with Gasteiger partial charge in [0.1, 0.15) is 6.33 Å². The van der Waals surface area contributed by atoms with Crippen LogP contribution in [0.5, 0.6) is 0 Å². The second kappa shape index (κ2) is 6.16. The van der Waals surface area contributed by atoms with E-state index >= 15 is 0 Å². The van der Waals surface area contributed by atoms with Crippen molar-refractivity contribution in [3.8, 4) is 0 Å². The van der Waals surface area contributed by atoms with E-state index < -0.39 is 10.0 Å². The van der Waals surface area contributed by atoms with Gasteiger partial charge in [-0.1, -0.05) is 0 Å². The Morgan fingerprint density at radius 3 is 2.90 bits per heavy atom. The number of H-pyrrole nitrogens is 1. The summed E-state index contributed by atoms with van der Waals surface area (Å²) in [7, 11) is 0.0739. The lowest BCUT2D eigenvalue weighted by Crippen LogP contribution is -2.26. The van der Waals surface area contributed by atoms with Crippen molar-refractivity contribution in [2.24, 2.45) is 7.05 Å². The van der Waals surface area contributed by atoms with Gasteiger partial charge in [0.25, 0.3) is 0 Å². The Bertz CT molecular complexity index is 660. The standard InChI is InChI=1S/C11H18N6O2S/c1-12-6-9-5-10(7-13-9)20(18,19)15-4-3-11-14-8-17(2)16-11/h5,7-8,12-13,15H,3-4,6H2,1-2H3. The first-order valence-electron chi connectivity index (χ1n) is 6.17. The first kappa shape index (κ1) is 14.7. The fraction of sp³-hybridized carbons (Fsp3) is 0.455. The topological polar surface area (TPSA) is 105 Å². The second-order valence-electron chi connectivity index (χ2n) is 4.37. The maximum absolute atomic E-state index is 12.0. The van der Waals surface area contributed by atoms with Crippen molar-refractivity contribution < 1.29 is 8.42 Å². The smallest absolute Gasteiger partial charge is 0.242 e. The average molecular weight is 298 g/mol. The minimum absolute atomic E-state index is 0.233. The quantitative estimate of drug-likeness (QED) is 0.632. The van der Waals surface area contributed by atoms with Crippen LogP contribution in [0.2, 0.25) is 0 Å². The summed E-state index contributed by atoms with van der Waals surface area (Å²) in [5, 5.41) is 7.04. The summed E-state index contributed by atoms with van der Waals surface area (Å²) in [6, 6.07) is 1.61. The molecule has 0 radical (unpaired) electrons. The molecule has 0 amide bonds. The van der Waals surface area contributed by atoms with Gasteiger partial charge < -0.3 is 10.3 Å². The molecule has 0 atom stereocenters. The van der Waals surface area contributed by atoms with Crippen LogP contribution < -0.4 is 10.0 Å². The SMILES string of the molecule is CNCc1cc(S(=O)(=O)NCCc2ncn(C)n2)c[nH]1. The monoisotopic (exact) mass is 298 g/mol. The van der Waals surface area contributed by atoms with E-state index in [0.29, 0.717) is 18.8 Å². The lowest BCUT2D eigenvalue weighted by Gasteiger charge is -2.02. The summed E-state index contributed by atoms with van der Waals surface area (Å²) in [5.41, 5.74) is 0.819. The molecule has 20 heavy (non-hydrogen) atoms. The molecule has 0 saturated heterocycles. The first-order valence-corrected chi connectivity index (χ1v) is 7.65. The van der Waals surface area contributed by atoms with Crippen LogP contribution in [0.1, 0.15) is 11.5 Å². The minimum atomic E-state index is -3.49. The van der Waals surface area contributed by atoms with Crippen LogP contribution in [0.4, 0.5) is 0 Å². The highest BCUT2D eigenvalue weighted by Gasteiger charge is 2.15. The molecule has 0 aromatic carbocycles. The molecule has 110 valence electrons. The molecule has 0 unspecified atom stereocenters. The van der Waals surface area contributed by atoms with Gasteiger partial charge in [-0.25, -0.2) is 18.1 Å². The Morgan fingerprint density at radius 1 is 1.45 bits per heavy atom. The van der Waals surface area contributed by atoms with Gasteiger partial charge in [0.2, 0.25) is 10.0 Å². The predicted octanol–water partition coefficient (Wildman–Crippen LogP) is -0.616. The lowest BCUT2D eigenvalue weighted by molar-refractivity contribution is 0.580. The molecule has 2 rings (SSSR count). The zero-order chi connectivity index (χ0) is 14.6. The van der Waals surface area contributed by atoms with Crippen molar-refractivity contribution in [1.29, 1.82) is 0 Å². The molecule has 0 fully saturated rings.